The molecule has 0 radical (unpaired) electrons. The highest BCUT2D eigenvalue weighted by Gasteiger charge is 2.53. The van der Waals surface area contributed by atoms with Crippen molar-refractivity contribution in [1.29, 1.82) is 0 Å². The highest BCUT2D eigenvalue weighted by molar-refractivity contribution is 5.89. The maximum Gasteiger partial charge on any atom is 0.573 e. The molecule has 3 aliphatic carbocycles. The molecule has 3 fully saturated rings. The van der Waals surface area contributed by atoms with E-state index in [9.17, 15) is 62.3 Å². The van der Waals surface area contributed by atoms with Gasteiger partial charge in [0.1, 0.15) is 23.0 Å². The van der Waals surface area contributed by atoms with Gasteiger partial charge >= 0.3 is 31.4 Å². The van der Waals surface area contributed by atoms with Crippen LogP contribution in [0.3, 0.4) is 0 Å². The molecule has 0 saturated heterocycles. The number of benzene rings is 4. The van der Waals surface area contributed by atoms with E-state index in [4.69, 9.17) is 24.0 Å². The van der Waals surface area contributed by atoms with Crippen LogP contribution in [0.15, 0.2) is 97.1 Å². The molecule has 0 unspecified atom stereocenters. The minimum absolute atomic E-state index is 0.159. The second-order valence-electron chi connectivity index (χ2n) is 14.2. The zero-order chi connectivity index (χ0) is 47.8. The number of hydrogen-bond donors (Lipinski definition) is 2. The van der Waals surface area contributed by atoms with E-state index in [0.29, 0.717) is 42.4 Å². The number of ether oxygens (including phenoxy) is 4. The van der Waals surface area contributed by atoms with Crippen LogP contribution in [0.2, 0.25) is 0 Å². The van der Waals surface area contributed by atoms with Crippen LogP contribution in [-0.2, 0) is 32.5 Å². The Labute approximate surface area is 355 Å². The molecule has 0 spiro atoms. The minimum atomic E-state index is -4.73. The third-order valence-electron chi connectivity index (χ3n) is 9.64. The molecule has 342 valence electrons. The minimum Gasteiger partial charge on any atom is -0.481 e. The van der Waals surface area contributed by atoms with Gasteiger partial charge in [0.15, 0.2) is 0 Å². The summed E-state index contributed by atoms with van der Waals surface area (Å²) in [7, 11) is 0. The number of amides is 1. The molecular formula is C42H33F12N3O7. The summed E-state index contributed by atoms with van der Waals surface area (Å²) in [5.74, 6) is -2.56. The van der Waals surface area contributed by atoms with Gasteiger partial charge in [0.05, 0.1) is 10.8 Å². The first-order chi connectivity index (χ1) is 29.6. The van der Waals surface area contributed by atoms with Gasteiger partial charge in [-0.1, -0.05) is 24.3 Å². The molecule has 1 amide bonds. The van der Waals surface area contributed by atoms with Gasteiger partial charge in [-0.25, -0.2) is 13.1 Å². The van der Waals surface area contributed by atoms with Crippen molar-refractivity contribution in [1.82, 2.24) is 0 Å². The smallest absolute Gasteiger partial charge is 0.481 e. The van der Waals surface area contributed by atoms with E-state index in [1.807, 2.05) is 0 Å². The molecule has 0 heterocycles. The summed E-state index contributed by atoms with van der Waals surface area (Å²) in [5.41, 5.74) is 5.75. The lowest BCUT2D eigenvalue weighted by atomic mass is 9.95. The van der Waals surface area contributed by atoms with E-state index in [-0.39, 0.29) is 29.5 Å². The fraction of sp³-hybridized carbons (Fsp3) is 0.333. The Balaban J connectivity index is 0.000000188. The fourth-order valence-electron chi connectivity index (χ4n) is 5.94. The van der Waals surface area contributed by atoms with Gasteiger partial charge in [-0.05, 0) is 110 Å². The first-order valence-corrected chi connectivity index (χ1v) is 18.3. The molecule has 3 N–H and O–H groups in total. The number of hydrogen-bond acceptors (Lipinski definition) is 6. The van der Waals surface area contributed by atoms with Gasteiger partial charge in [0.2, 0.25) is 12.5 Å². The number of alkyl halides is 12. The Kier molecular flexibility index (Phi) is 15.0. The molecule has 3 aliphatic rings. The molecule has 10 nitrogen and oxygen atoms in total. The average Bonchev–Trinajstić information content (AvgIpc) is 4.06. The van der Waals surface area contributed by atoms with E-state index < -0.39 is 53.7 Å². The lowest BCUT2D eigenvalue weighted by molar-refractivity contribution is -0.275. The largest absolute Gasteiger partial charge is 0.573 e. The van der Waals surface area contributed by atoms with Crippen LogP contribution in [0.5, 0.6) is 23.0 Å². The maximum absolute atomic E-state index is 11.9. The third-order valence-corrected chi connectivity index (χ3v) is 9.64. The number of halogens is 12. The summed E-state index contributed by atoms with van der Waals surface area (Å²) >= 11 is 0. The van der Waals surface area contributed by atoms with Crippen LogP contribution >= 0.6 is 0 Å². The lowest BCUT2D eigenvalue weighted by Crippen LogP contribution is -2.28. The van der Waals surface area contributed by atoms with Gasteiger partial charge in [0.25, 0.3) is 5.54 Å². The number of primary amides is 1. The van der Waals surface area contributed by atoms with Gasteiger partial charge in [0, 0.05) is 24.0 Å². The maximum atomic E-state index is 11.9. The van der Waals surface area contributed by atoms with Crippen molar-refractivity contribution >= 4 is 11.9 Å². The first-order valence-electron chi connectivity index (χ1n) is 18.3. The SMILES string of the molecule is NC(=O)C1(c2ccc(OC(F)(F)F)cc2)CC1.O=C(O)C1(c2ccc(OC(F)(F)F)cc2)CC1.[C-]#[N+]C1(c2ccc(OC(F)(F)F)cc2)CC1.[C-]#[N+]Cc1ccc(OC(F)(F)F)cc1. The lowest BCUT2D eigenvalue weighted by Gasteiger charge is -2.13. The van der Waals surface area contributed by atoms with Crippen LogP contribution < -0.4 is 24.7 Å². The molecule has 4 aromatic carbocycles. The number of carboxylic acids is 1. The van der Waals surface area contributed by atoms with Gasteiger partial charge < -0.3 is 39.5 Å². The second kappa shape index (κ2) is 19.3. The number of carbonyl (C=O) groups excluding carboxylic acids is 1. The summed E-state index contributed by atoms with van der Waals surface area (Å²) in [5, 5.41) is 9.00. The number of nitrogens with zero attached hydrogens (tertiary/aromatic N) is 2. The summed E-state index contributed by atoms with van der Waals surface area (Å²) in [6.07, 6.45) is -14.9. The van der Waals surface area contributed by atoms with Crippen molar-refractivity contribution in [3.05, 3.63) is 142 Å². The second-order valence-corrected chi connectivity index (χ2v) is 14.2. The monoisotopic (exact) mass is 919 g/mol. The standard InChI is InChI=1S/C11H10F3NO2.C11H8F3NO.C11H9F3O3.C9H6F3NO/c12-11(13,14)17-8-3-1-7(2-4-8)10(5-6-10)9(15)16;1-15-10(6-7-10)8-2-4-9(5-3-8)16-11(12,13)14;12-11(13,14)17-8-3-1-7(2-4-8)10(5-6-10)9(15)16;1-13-6-7-2-4-8(5-3-7)14-9(10,11)12/h1-4H,5-6H2,(H2,15,16);2-5H,6-7H2;1-4H,5-6H2,(H,15,16);2-5H,6H2. The average molecular weight is 920 g/mol. The quantitative estimate of drug-likeness (QED) is 0.120. The number of aliphatic carboxylic acids is 1. The third kappa shape index (κ3) is 14.9. The topological polar surface area (TPSA) is 126 Å². The number of rotatable bonds is 10. The van der Waals surface area contributed by atoms with Crippen LogP contribution in [0, 0.1) is 13.1 Å². The highest BCUT2D eigenvalue weighted by atomic mass is 19.4. The van der Waals surface area contributed by atoms with E-state index in [2.05, 4.69) is 28.6 Å². The van der Waals surface area contributed by atoms with Crippen LogP contribution in [0.25, 0.3) is 9.69 Å². The Morgan fingerprint density at radius 3 is 1.05 bits per heavy atom. The van der Waals surface area contributed by atoms with E-state index in [1.165, 1.54) is 84.9 Å². The molecule has 22 heteroatoms. The van der Waals surface area contributed by atoms with Crippen LogP contribution in [-0.4, -0.2) is 42.4 Å². The number of nitrogens with two attached hydrogens (primary N) is 1. The van der Waals surface area contributed by atoms with E-state index in [1.54, 1.807) is 0 Å². The van der Waals surface area contributed by atoms with E-state index >= 15 is 0 Å². The molecular weight excluding hydrogens is 886 g/mol. The van der Waals surface area contributed by atoms with Crippen molar-refractivity contribution in [2.45, 2.75) is 86.9 Å². The number of carbonyl (C=O) groups is 2. The van der Waals surface area contributed by atoms with Crippen molar-refractivity contribution in [3.63, 3.8) is 0 Å². The van der Waals surface area contributed by atoms with Gasteiger partial charge in [-0.3, -0.25) is 9.59 Å². The molecule has 64 heavy (non-hydrogen) atoms. The Morgan fingerprint density at radius 1 is 0.516 bits per heavy atom. The van der Waals surface area contributed by atoms with Crippen molar-refractivity contribution < 1.29 is 86.3 Å². The summed E-state index contributed by atoms with van der Waals surface area (Å²) in [6.45, 7) is 13.7. The molecule has 0 aromatic heterocycles. The Morgan fingerprint density at radius 2 is 0.812 bits per heavy atom. The molecule has 0 aliphatic heterocycles. The molecule has 0 atom stereocenters. The normalized spacial score (nSPS) is 16.1. The van der Waals surface area contributed by atoms with E-state index in [0.717, 1.165) is 30.5 Å². The van der Waals surface area contributed by atoms with Gasteiger partial charge in [-0.2, -0.15) is 0 Å². The first kappa shape index (κ1) is 49.8. The molecule has 4 aromatic rings. The molecule has 0 bridgehead atoms. The summed E-state index contributed by atoms with van der Waals surface area (Å²) in [4.78, 5) is 28.8. The van der Waals surface area contributed by atoms with Crippen LogP contribution in [0.1, 0.15) is 60.8 Å². The Hall–Kier alpha value is -6.84. The fourth-order valence-corrected chi connectivity index (χ4v) is 5.94. The molecule has 3 saturated carbocycles. The van der Waals surface area contributed by atoms with Crippen molar-refractivity contribution in [2.75, 3.05) is 0 Å². The van der Waals surface area contributed by atoms with Gasteiger partial charge in [-0.15, -0.1) is 52.7 Å². The number of carboxylic acid groups (broad SMARTS) is 1. The van der Waals surface area contributed by atoms with Crippen molar-refractivity contribution in [2.24, 2.45) is 5.73 Å². The summed E-state index contributed by atoms with van der Waals surface area (Å²) in [6, 6.07) is 21.0. The zero-order valence-electron chi connectivity index (χ0n) is 32.6. The van der Waals surface area contributed by atoms with Crippen LogP contribution in [0.4, 0.5) is 52.7 Å². The predicted molar refractivity (Wildman–Crippen MR) is 199 cm³/mol. The predicted octanol–water partition coefficient (Wildman–Crippen LogP) is 11.3. The van der Waals surface area contributed by atoms with Crippen molar-refractivity contribution in [3.8, 4) is 23.0 Å². The zero-order valence-corrected chi connectivity index (χ0v) is 32.6. The highest BCUT2D eigenvalue weighted by Crippen LogP contribution is 2.51. The Bertz CT molecular complexity index is 2200. The summed E-state index contributed by atoms with van der Waals surface area (Å²) < 4.78 is 157. The molecule has 7 rings (SSSR count).